The molecule has 1 aromatic carbocycles. The summed E-state index contributed by atoms with van der Waals surface area (Å²) in [6, 6.07) is 10.4. The average Bonchev–Trinajstić information content (AvgIpc) is 2.92. The molecule has 2 aliphatic rings. The Labute approximate surface area is 133 Å². The van der Waals surface area contributed by atoms with E-state index in [-0.39, 0.29) is 17.7 Å². The van der Waals surface area contributed by atoms with Crippen LogP contribution < -0.4 is 0 Å². The van der Waals surface area contributed by atoms with Gasteiger partial charge in [0.2, 0.25) is 10.0 Å². The average molecular weight is 323 g/mol. The van der Waals surface area contributed by atoms with Gasteiger partial charge in [-0.15, -0.1) is 0 Å². The van der Waals surface area contributed by atoms with Crippen molar-refractivity contribution in [3.05, 3.63) is 35.9 Å². The lowest BCUT2D eigenvalue weighted by atomic mass is 9.97. The van der Waals surface area contributed by atoms with E-state index in [4.69, 9.17) is 4.74 Å². The highest BCUT2D eigenvalue weighted by Gasteiger charge is 2.38. The Bertz CT molecular complexity index is 581. The molecule has 3 rings (SSSR count). The third kappa shape index (κ3) is 3.53. The predicted octanol–water partition coefficient (Wildman–Crippen LogP) is 2.62. The van der Waals surface area contributed by atoms with E-state index in [1.165, 1.54) is 5.56 Å². The Balaban J connectivity index is 1.68. The first-order valence-corrected chi connectivity index (χ1v) is 9.79. The summed E-state index contributed by atoms with van der Waals surface area (Å²) in [6.07, 6.45) is 2.64. The van der Waals surface area contributed by atoms with Gasteiger partial charge in [-0.2, -0.15) is 4.31 Å². The fourth-order valence-corrected chi connectivity index (χ4v) is 5.82. The van der Waals surface area contributed by atoms with Gasteiger partial charge in [0.25, 0.3) is 0 Å². The minimum absolute atomic E-state index is 0.0926. The Kier molecular flexibility index (Phi) is 4.85. The summed E-state index contributed by atoms with van der Waals surface area (Å²) in [5, 5.41) is 0. The number of sulfonamides is 1. The van der Waals surface area contributed by atoms with E-state index in [1.54, 1.807) is 4.31 Å². The molecule has 22 heavy (non-hydrogen) atoms. The summed E-state index contributed by atoms with van der Waals surface area (Å²) >= 11 is 0. The Hall–Kier alpha value is -0.910. The molecule has 0 saturated carbocycles. The molecule has 2 saturated heterocycles. The molecule has 0 aliphatic carbocycles. The molecule has 5 heteroatoms. The fraction of sp³-hybridized carbons (Fsp3) is 0.647. The molecule has 122 valence electrons. The van der Waals surface area contributed by atoms with Crippen LogP contribution in [0.5, 0.6) is 0 Å². The summed E-state index contributed by atoms with van der Waals surface area (Å²) in [7, 11) is -3.17. The van der Waals surface area contributed by atoms with Crippen LogP contribution in [0.2, 0.25) is 0 Å². The third-order valence-corrected chi connectivity index (χ3v) is 7.05. The summed E-state index contributed by atoms with van der Waals surface area (Å²) in [5.41, 5.74) is 1.25. The molecule has 2 atom stereocenters. The van der Waals surface area contributed by atoms with Crippen molar-refractivity contribution in [2.75, 3.05) is 25.5 Å². The second kappa shape index (κ2) is 6.69. The largest absolute Gasteiger partial charge is 0.381 e. The van der Waals surface area contributed by atoms with E-state index in [0.29, 0.717) is 25.7 Å². The van der Waals surface area contributed by atoms with Gasteiger partial charge in [-0.25, -0.2) is 8.42 Å². The minimum Gasteiger partial charge on any atom is -0.381 e. The minimum atomic E-state index is -3.17. The third-order valence-electron chi connectivity index (χ3n) is 4.93. The summed E-state index contributed by atoms with van der Waals surface area (Å²) < 4.78 is 32.6. The first-order valence-electron chi connectivity index (χ1n) is 8.18. The standard InChI is InChI=1S/C17H25NO3S/c1-14-11-17(16-5-3-2-4-6-16)12-18(14)22(19,20)13-15-7-9-21-10-8-15/h2-6,14-15,17H,7-13H2,1H3/t14-,17+/m1/s1. The molecule has 1 aromatic rings. The normalized spacial score (nSPS) is 28.0. The molecule has 0 N–H and O–H groups in total. The van der Waals surface area contributed by atoms with Gasteiger partial charge in [0, 0.05) is 25.8 Å². The monoisotopic (exact) mass is 323 g/mol. The number of hydrogen-bond donors (Lipinski definition) is 0. The number of ether oxygens (including phenoxy) is 1. The highest BCUT2D eigenvalue weighted by Crippen LogP contribution is 2.34. The maximum absolute atomic E-state index is 12.8. The van der Waals surface area contributed by atoms with E-state index in [9.17, 15) is 8.42 Å². The molecule has 0 unspecified atom stereocenters. The van der Waals surface area contributed by atoms with Gasteiger partial charge in [-0.1, -0.05) is 30.3 Å². The van der Waals surface area contributed by atoms with Crippen LogP contribution in [0.25, 0.3) is 0 Å². The van der Waals surface area contributed by atoms with Gasteiger partial charge < -0.3 is 4.74 Å². The predicted molar refractivity (Wildman–Crippen MR) is 87.3 cm³/mol. The molecule has 0 radical (unpaired) electrons. The molecule has 0 spiro atoms. The smallest absolute Gasteiger partial charge is 0.214 e. The van der Waals surface area contributed by atoms with Crippen LogP contribution in [0.1, 0.15) is 37.7 Å². The van der Waals surface area contributed by atoms with E-state index in [1.807, 2.05) is 25.1 Å². The number of hydrogen-bond acceptors (Lipinski definition) is 3. The highest BCUT2D eigenvalue weighted by molar-refractivity contribution is 7.89. The van der Waals surface area contributed by atoms with Crippen LogP contribution in [0, 0.1) is 5.92 Å². The van der Waals surface area contributed by atoms with Crippen molar-refractivity contribution >= 4 is 10.0 Å². The zero-order valence-corrected chi connectivity index (χ0v) is 14.0. The van der Waals surface area contributed by atoms with Crippen molar-refractivity contribution in [1.29, 1.82) is 0 Å². The molecule has 2 aliphatic heterocycles. The van der Waals surface area contributed by atoms with Crippen LogP contribution >= 0.6 is 0 Å². The van der Waals surface area contributed by atoms with E-state index >= 15 is 0 Å². The molecule has 0 aromatic heterocycles. The Morgan fingerprint density at radius 2 is 1.86 bits per heavy atom. The first-order chi connectivity index (χ1) is 10.6. The second-order valence-corrected chi connectivity index (χ2v) is 8.56. The van der Waals surface area contributed by atoms with Crippen molar-refractivity contribution in [3.63, 3.8) is 0 Å². The van der Waals surface area contributed by atoms with Gasteiger partial charge in [-0.3, -0.25) is 0 Å². The molecular formula is C17H25NO3S. The van der Waals surface area contributed by atoms with Gasteiger partial charge >= 0.3 is 0 Å². The maximum Gasteiger partial charge on any atom is 0.214 e. The lowest BCUT2D eigenvalue weighted by Crippen LogP contribution is -2.38. The second-order valence-electron chi connectivity index (χ2n) is 6.60. The lowest BCUT2D eigenvalue weighted by molar-refractivity contribution is 0.0720. The lowest BCUT2D eigenvalue weighted by Gasteiger charge is -2.26. The molecule has 0 amide bonds. The quantitative estimate of drug-likeness (QED) is 0.856. The molecular weight excluding hydrogens is 298 g/mol. The van der Waals surface area contributed by atoms with E-state index in [0.717, 1.165) is 19.3 Å². The molecule has 0 bridgehead atoms. The fourth-order valence-electron chi connectivity index (χ4n) is 3.66. The van der Waals surface area contributed by atoms with Gasteiger partial charge in [0.15, 0.2) is 0 Å². The summed E-state index contributed by atoms with van der Waals surface area (Å²) in [4.78, 5) is 0. The number of rotatable bonds is 4. The molecule has 4 nitrogen and oxygen atoms in total. The zero-order chi connectivity index (χ0) is 15.6. The summed E-state index contributed by atoms with van der Waals surface area (Å²) in [6.45, 7) is 4.05. The molecule has 2 heterocycles. The topological polar surface area (TPSA) is 46.6 Å². The van der Waals surface area contributed by atoms with Crippen LogP contribution in [0.15, 0.2) is 30.3 Å². The Morgan fingerprint density at radius 1 is 1.18 bits per heavy atom. The SMILES string of the molecule is C[C@@H]1C[C@H](c2ccccc2)CN1S(=O)(=O)CC1CCOCC1. The summed E-state index contributed by atoms with van der Waals surface area (Å²) in [5.74, 6) is 0.852. The van der Waals surface area contributed by atoms with E-state index in [2.05, 4.69) is 12.1 Å². The van der Waals surface area contributed by atoms with Crippen molar-refractivity contribution in [2.45, 2.75) is 38.1 Å². The van der Waals surface area contributed by atoms with Crippen molar-refractivity contribution in [2.24, 2.45) is 5.92 Å². The number of benzene rings is 1. The Morgan fingerprint density at radius 3 is 2.55 bits per heavy atom. The van der Waals surface area contributed by atoms with Crippen LogP contribution in [-0.2, 0) is 14.8 Å². The van der Waals surface area contributed by atoms with Crippen molar-refractivity contribution < 1.29 is 13.2 Å². The van der Waals surface area contributed by atoms with Crippen molar-refractivity contribution in [3.8, 4) is 0 Å². The van der Waals surface area contributed by atoms with E-state index < -0.39 is 10.0 Å². The van der Waals surface area contributed by atoms with Gasteiger partial charge in [0.05, 0.1) is 5.75 Å². The first kappa shape index (κ1) is 16.0. The molecule has 2 fully saturated rings. The number of nitrogens with zero attached hydrogens (tertiary/aromatic N) is 1. The van der Waals surface area contributed by atoms with Crippen LogP contribution in [0.4, 0.5) is 0 Å². The zero-order valence-electron chi connectivity index (χ0n) is 13.1. The maximum atomic E-state index is 12.8. The van der Waals surface area contributed by atoms with Gasteiger partial charge in [0.1, 0.15) is 0 Å². The van der Waals surface area contributed by atoms with Gasteiger partial charge in [-0.05, 0) is 43.6 Å². The van der Waals surface area contributed by atoms with Crippen LogP contribution in [-0.4, -0.2) is 44.3 Å². The highest BCUT2D eigenvalue weighted by atomic mass is 32.2. The van der Waals surface area contributed by atoms with Crippen LogP contribution in [0.3, 0.4) is 0 Å². The van der Waals surface area contributed by atoms with Crippen molar-refractivity contribution in [1.82, 2.24) is 4.31 Å².